The highest BCUT2D eigenvalue weighted by Gasteiger charge is 2.14. The van der Waals surface area contributed by atoms with Gasteiger partial charge in [-0.25, -0.2) is 4.79 Å². The zero-order valence-electron chi connectivity index (χ0n) is 15.8. The number of pyridine rings is 1. The predicted octanol–water partition coefficient (Wildman–Crippen LogP) is 3.39. The Kier molecular flexibility index (Phi) is 5.22. The maximum atomic E-state index is 12.5. The van der Waals surface area contributed by atoms with Crippen LogP contribution in [0.1, 0.15) is 23.0 Å². The molecule has 0 saturated heterocycles. The maximum Gasteiger partial charge on any atom is 0.338 e. The molecule has 0 saturated carbocycles. The van der Waals surface area contributed by atoms with Gasteiger partial charge in [-0.1, -0.05) is 11.8 Å². The summed E-state index contributed by atoms with van der Waals surface area (Å²) in [6, 6.07) is 10.1. The van der Waals surface area contributed by atoms with Crippen molar-refractivity contribution in [1.29, 1.82) is 0 Å². The second-order valence-electron chi connectivity index (χ2n) is 6.27. The average Bonchev–Trinajstić information content (AvgIpc) is 3.36. The van der Waals surface area contributed by atoms with E-state index in [1.807, 2.05) is 17.7 Å². The van der Waals surface area contributed by atoms with Crippen molar-refractivity contribution in [3.63, 3.8) is 0 Å². The fraction of sp³-hybridized carbons (Fsp3) is 0.200. The van der Waals surface area contributed by atoms with Gasteiger partial charge >= 0.3 is 5.97 Å². The normalized spacial score (nSPS) is 11.1. The number of esters is 1. The first-order valence-electron chi connectivity index (χ1n) is 8.96. The van der Waals surface area contributed by atoms with Gasteiger partial charge in [0.25, 0.3) is 0 Å². The minimum atomic E-state index is -0.442. The summed E-state index contributed by atoms with van der Waals surface area (Å²) in [7, 11) is 1.86. The lowest BCUT2D eigenvalue weighted by Gasteiger charge is -2.06. The van der Waals surface area contributed by atoms with E-state index in [4.69, 9.17) is 9.15 Å². The molecule has 0 aliphatic rings. The van der Waals surface area contributed by atoms with Crippen molar-refractivity contribution in [2.24, 2.45) is 7.05 Å². The third kappa shape index (κ3) is 3.81. The number of carbonyl (C=O) groups is 1. The summed E-state index contributed by atoms with van der Waals surface area (Å²) in [5.41, 5.74) is 1.61. The van der Waals surface area contributed by atoms with Crippen molar-refractivity contribution in [3.05, 3.63) is 64.1 Å². The largest absolute Gasteiger partial charge is 0.462 e. The number of aromatic nitrogens is 4. The van der Waals surface area contributed by atoms with Crippen LogP contribution >= 0.6 is 11.8 Å². The molecule has 1 aromatic carbocycles. The molecule has 0 spiro atoms. The number of benzene rings is 1. The van der Waals surface area contributed by atoms with E-state index in [-0.39, 0.29) is 12.0 Å². The molecule has 0 amide bonds. The smallest absolute Gasteiger partial charge is 0.338 e. The number of fused-ring (bicyclic) bond motifs is 1. The van der Waals surface area contributed by atoms with Crippen LogP contribution in [-0.4, -0.2) is 32.3 Å². The standard InChI is InChI=1S/C20H18N4O4S/c1-3-27-19(26)12-6-7-15-14(9-12)16(25)10-13(21-15)11-29-20-23-22-18(24(20)2)17-5-4-8-28-17/h4-10H,3,11H2,1-2H3,(H,21,25). The molecule has 0 bridgehead atoms. The summed E-state index contributed by atoms with van der Waals surface area (Å²) >= 11 is 1.45. The minimum Gasteiger partial charge on any atom is -0.462 e. The summed E-state index contributed by atoms with van der Waals surface area (Å²) in [6.07, 6.45) is 1.59. The summed E-state index contributed by atoms with van der Waals surface area (Å²) in [5, 5.41) is 9.51. The van der Waals surface area contributed by atoms with E-state index in [9.17, 15) is 9.59 Å². The van der Waals surface area contributed by atoms with Gasteiger partial charge in [-0.15, -0.1) is 10.2 Å². The van der Waals surface area contributed by atoms with Crippen molar-refractivity contribution in [2.45, 2.75) is 17.8 Å². The molecule has 0 fully saturated rings. The second-order valence-corrected chi connectivity index (χ2v) is 7.21. The number of hydrogen-bond donors (Lipinski definition) is 1. The fourth-order valence-corrected chi connectivity index (χ4v) is 3.74. The van der Waals surface area contributed by atoms with E-state index >= 15 is 0 Å². The topological polar surface area (TPSA) is 103 Å². The Hall–Kier alpha value is -3.33. The van der Waals surface area contributed by atoms with Crippen LogP contribution in [0.5, 0.6) is 0 Å². The van der Waals surface area contributed by atoms with Crippen molar-refractivity contribution in [3.8, 4) is 11.6 Å². The Morgan fingerprint density at radius 2 is 2.14 bits per heavy atom. The molecule has 0 atom stereocenters. The van der Waals surface area contributed by atoms with Gasteiger partial charge in [0, 0.05) is 35.5 Å². The highest BCUT2D eigenvalue weighted by Crippen LogP contribution is 2.25. The first kappa shape index (κ1) is 19.0. The average molecular weight is 410 g/mol. The Balaban J connectivity index is 1.55. The third-order valence-electron chi connectivity index (χ3n) is 4.33. The van der Waals surface area contributed by atoms with Crippen LogP contribution < -0.4 is 5.43 Å². The number of thioether (sulfide) groups is 1. The van der Waals surface area contributed by atoms with E-state index in [0.717, 1.165) is 5.69 Å². The van der Waals surface area contributed by atoms with Crippen molar-refractivity contribution >= 4 is 28.6 Å². The quantitative estimate of drug-likeness (QED) is 0.384. The number of furan rings is 1. The Bertz CT molecular complexity index is 1230. The number of rotatable bonds is 6. The number of H-pyrrole nitrogens is 1. The van der Waals surface area contributed by atoms with E-state index in [0.29, 0.717) is 39.0 Å². The second kappa shape index (κ2) is 7.96. The molecule has 4 aromatic rings. The molecule has 0 radical (unpaired) electrons. The zero-order valence-corrected chi connectivity index (χ0v) is 16.7. The first-order valence-corrected chi connectivity index (χ1v) is 9.94. The van der Waals surface area contributed by atoms with Gasteiger partial charge in [0.1, 0.15) is 0 Å². The lowest BCUT2D eigenvalue weighted by Crippen LogP contribution is -2.08. The van der Waals surface area contributed by atoms with Gasteiger partial charge < -0.3 is 18.7 Å². The van der Waals surface area contributed by atoms with Crippen LogP contribution in [0.15, 0.2) is 57.0 Å². The highest BCUT2D eigenvalue weighted by atomic mass is 32.2. The number of aromatic amines is 1. The molecule has 4 rings (SSSR count). The van der Waals surface area contributed by atoms with Gasteiger partial charge in [-0.2, -0.15) is 0 Å². The van der Waals surface area contributed by atoms with Crippen molar-refractivity contribution in [2.75, 3.05) is 6.61 Å². The van der Waals surface area contributed by atoms with Crippen LogP contribution in [0.3, 0.4) is 0 Å². The monoisotopic (exact) mass is 410 g/mol. The van der Waals surface area contributed by atoms with E-state index in [2.05, 4.69) is 15.2 Å². The molecule has 1 N–H and O–H groups in total. The molecule has 9 heteroatoms. The highest BCUT2D eigenvalue weighted by molar-refractivity contribution is 7.98. The lowest BCUT2D eigenvalue weighted by molar-refractivity contribution is 0.0526. The molecule has 3 heterocycles. The number of carbonyl (C=O) groups excluding carboxylic acids is 1. The summed E-state index contributed by atoms with van der Waals surface area (Å²) in [4.78, 5) is 27.7. The van der Waals surface area contributed by atoms with Crippen LogP contribution in [0.25, 0.3) is 22.5 Å². The van der Waals surface area contributed by atoms with E-state index < -0.39 is 5.97 Å². The molecular formula is C20H18N4O4S. The SMILES string of the molecule is CCOC(=O)c1ccc2[nH]c(CSc3nnc(-c4ccco4)n3C)cc(=O)c2c1. The zero-order chi connectivity index (χ0) is 20.4. The van der Waals surface area contributed by atoms with Gasteiger partial charge in [0.15, 0.2) is 22.2 Å². The number of hydrogen-bond acceptors (Lipinski definition) is 7. The molecule has 0 unspecified atom stereocenters. The summed E-state index contributed by atoms with van der Waals surface area (Å²) in [6.45, 7) is 2.03. The molecule has 0 aliphatic carbocycles. The Labute approximate surface area is 169 Å². The third-order valence-corrected chi connectivity index (χ3v) is 5.40. The number of nitrogens with zero attached hydrogens (tertiary/aromatic N) is 3. The summed E-state index contributed by atoms with van der Waals surface area (Å²) in [5.74, 6) is 1.34. The van der Waals surface area contributed by atoms with Crippen molar-refractivity contribution < 1.29 is 13.9 Å². The molecule has 29 heavy (non-hydrogen) atoms. The predicted molar refractivity (Wildman–Crippen MR) is 109 cm³/mol. The Morgan fingerprint density at radius 3 is 2.90 bits per heavy atom. The molecule has 8 nitrogen and oxygen atoms in total. The minimum absolute atomic E-state index is 0.158. The van der Waals surface area contributed by atoms with Crippen molar-refractivity contribution in [1.82, 2.24) is 19.7 Å². The first-order chi connectivity index (χ1) is 14.1. The van der Waals surface area contributed by atoms with E-state index in [1.165, 1.54) is 17.8 Å². The molecule has 3 aromatic heterocycles. The van der Waals surface area contributed by atoms with Crippen LogP contribution in [-0.2, 0) is 17.5 Å². The lowest BCUT2D eigenvalue weighted by atomic mass is 10.1. The molecular weight excluding hydrogens is 392 g/mol. The van der Waals surface area contributed by atoms with Gasteiger partial charge in [0.2, 0.25) is 0 Å². The maximum absolute atomic E-state index is 12.5. The van der Waals surface area contributed by atoms with Gasteiger partial charge in [-0.3, -0.25) is 4.79 Å². The molecule has 148 valence electrons. The van der Waals surface area contributed by atoms with E-state index in [1.54, 1.807) is 37.5 Å². The fourth-order valence-electron chi connectivity index (χ4n) is 2.92. The van der Waals surface area contributed by atoms with Crippen LogP contribution in [0, 0.1) is 0 Å². The number of ether oxygens (including phenoxy) is 1. The number of nitrogens with one attached hydrogen (secondary N) is 1. The van der Waals surface area contributed by atoms with Gasteiger partial charge in [-0.05, 0) is 37.3 Å². The van der Waals surface area contributed by atoms with Crippen LogP contribution in [0.4, 0.5) is 0 Å². The van der Waals surface area contributed by atoms with Crippen LogP contribution in [0.2, 0.25) is 0 Å². The summed E-state index contributed by atoms with van der Waals surface area (Å²) < 4.78 is 12.2. The molecule has 0 aliphatic heterocycles. The van der Waals surface area contributed by atoms with Gasteiger partial charge in [0.05, 0.1) is 18.4 Å². The Morgan fingerprint density at radius 1 is 1.28 bits per heavy atom.